The molecule has 4 heteroatoms. The number of nitrogens with one attached hydrogen (secondary N) is 1. The Hall–Kier alpha value is -1.86. The quantitative estimate of drug-likeness (QED) is 0.888. The number of nitrogens with zero attached hydrogens (tertiary/aromatic N) is 2. The Bertz CT molecular complexity index is 522. The molecular formula is C16H19N3O. The van der Waals surface area contributed by atoms with E-state index in [1.807, 2.05) is 18.2 Å². The summed E-state index contributed by atoms with van der Waals surface area (Å²) >= 11 is 0. The van der Waals surface area contributed by atoms with Gasteiger partial charge in [0.25, 0.3) is 0 Å². The number of carbonyl (C=O) groups excluding carboxylic acids is 1. The lowest BCUT2D eigenvalue weighted by atomic mass is 9.96. The van der Waals surface area contributed by atoms with E-state index in [2.05, 4.69) is 23.5 Å². The number of carbonyl (C=O) groups is 1. The van der Waals surface area contributed by atoms with Gasteiger partial charge in [0.05, 0.1) is 12.1 Å². The molecule has 0 aliphatic carbocycles. The van der Waals surface area contributed by atoms with Crippen LogP contribution in [0.5, 0.6) is 0 Å². The topological polar surface area (TPSA) is 56.1 Å². The first kappa shape index (κ1) is 13.1. The number of likely N-dealkylation sites (tertiary alicyclic amines) is 1. The van der Waals surface area contributed by atoms with E-state index >= 15 is 0 Å². The maximum atomic E-state index is 12.5. The average Bonchev–Trinajstić information content (AvgIpc) is 3.16. The van der Waals surface area contributed by atoms with Gasteiger partial charge in [-0.15, -0.1) is 0 Å². The van der Waals surface area contributed by atoms with Crippen molar-refractivity contribution in [2.75, 3.05) is 13.1 Å². The Balaban J connectivity index is 1.65. The fourth-order valence-electron chi connectivity index (χ4n) is 3.27. The van der Waals surface area contributed by atoms with E-state index in [1.165, 1.54) is 5.56 Å². The van der Waals surface area contributed by atoms with E-state index < -0.39 is 0 Å². The van der Waals surface area contributed by atoms with Crippen LogP contribution in [0.4, 0.5) is 0 Å². The summed E-state index contributed by atoms with van der Waals surface area (Å²) in [5.74, 6) is 0.501. The molecule has 4 nitrogen and oxygen atoms in total. The predicted octanol–water partition coefficient (Wildman–Crippen LogP) is 1.65. The first-order valence-corrected chi connectivity index (χ1v) is 7.28. The highest BCUT2D eigenvalue weighted by Gasteiger charge is 2.37. The second-order valence-corrected chi connectivity index (χ2v) is 5.62. The van der Waals surface area contributed by atoms with Crippen molar-refractivity contribution < 1.29 is 4.79 Å². The third kappa shape index (κ3) is 2.41. The summed E-state index contributed by atoms with van der Waals surface area (Å²) < 4.78 is 0. The minimum Gasteiger partial charge on any atom is -0.325 e. The normalized spacial score (nSPS) is 29.4. The van der Waals surface area contributed by atoms with Crippen LogP contribution >= 0.6 is 0 Å². The van der Waals surface area contributed by atoms with Crippen LogP contribution in [0.1, 0.15) is 30.7 Å². The van der Waals surface area contributed by atoms with Gasteiger partial charge in [0.2, 0.25) is 5.91 Å². The van der Waals surface area contributed by atoms with E-state index in [0.717, 1.165) is 32.4 Å². The maximum absolute atomic E-state index is 12.5. The fourth-order valence-corrected chi connectivity index (χ4v) is 3.27. The Kier molecular flexibility index (Phi) is 3.70. The van der Waals surface area contributed by atoms with Crippen molar-refractivity contribution in [3.05, 3.63) is 35.9 Å². The summed E-state index contributed by atoms with van der Waals surface area (Å²) in [5, 5.41) is 12.4. The standard InChI is InChI=1S/C16H19N3O/c17-10-14-7-4-8-19(14)16(20)15-9-13(11-18-15)12-5-2-1-3-6-12/h1-3,5-6,13-15,18H,4,7-9,11H2/t13-,14+,15+/m1/s1. The lowest BCUT2D eigenvalue weighted by molar-refractivity contribution is -0.133. The monoisotopic (exact) mass is 269 g/mol. The molecule has 1 aromatic rings. The fraction of sp³-hybridized carbons (Fsp3) is 0.500. The Morgan fingerprint density at radius 3 is 2.90 bits per heavy atom. The van der Waals surface area contributed by atoms with Gasteiger partial charge in [-0.1, -0.05) is 30.3 Å². The maximum Gasteiger partial charge on any atom is 0.240 e. The number of hydrogen-bond acceptors (Lipinski definition) is 3. The Morgan fingerprint density at radius 2 is 2.15 bits per heavy atom. The molecule has 2 saturated heterocycles. The van der Waals surface area contributed by atoms with E-state index in [4.69, 9.17) is 5.26 Å². The van der Waals surface area contributed by atoms with Crippen LogP contribution in [0.15, 0.2) is 30.3 Å². The zero-order valence-electron chi connectivity index (χ0n) is 11.5. The summed E-state index contributed by atoms with van der Waals surface area (Å²) in [7, 11) is 0. The van der Waals surface area contributed by atoms with Gasteiger partial charge in [0.1, 0.15) is 6.04 Å². The lowest BCUT2D eigenvalue weighted by Gasteiger charge is -2.23. The molecule has 0 radical (unpaired) electrons. The highest BCUT2D eigenvalue weighted by molar-refractivity contribution is 5.83. The minimum atomic E-state index is -0.222. The Labute approximate surface area is 119 Å². The van der Waals surface area contributed by atoms with Gasteiger partial charge in [-0.3, -0.25) is 4.79 Å². The van der Waals surface area contributed by atoms with Gasteiger partial charge in [0.15, 0.2) is 0 Å². The van der Waals surface area contributed by atoms with Crippen LogP contribution in [0, 0.1) is 11.3 Å². The highest BCUT2D eigenvalue weighted by Crippen LogP contribution is 2.28. The molecule has 0 unspecified atom stereocenters. The first-order valence-electron chi connectivity index (χ1n) is 7.28. The van der Waals surface area contributed by atoms with Crippen LogP contribution < -0.4 is 5.32 Å². The second kappa shape index (κ2) is 5.64. The van der Waals surface area contributed by atoms with Crippen LogP contribution in [0.25, 0.3) is 0 Å². The number of nitriles is 1. The summed E-state index contributed by atoms with van der Waals surface area (Å²) in [6, 6.07) is 12.2. The van der Waals surface area contributed by atoms with Crippen molar-refractivity contribution in [2.24, 2.45) is 0 Å². The van der Waals surface area contributed by atoms with Gasteiger partial charge in [-0.2, -0.15) is 5.26 Å². The van der Waals surface area contributed by atoms with Crippen molar-refractivity contribution >= 4 is 5.91 Å². The molecule has 0 bridgehead atoms. The number of amides is 1. The highest BCUT2D eigenvalue weighted by atomic mass is 16.2. The molecule has 2 aliphatic rings. The number of benzene rings is 1. The minimum absolute atomic E-state index is 0.104. The van der Waals surface area contributed by atoms with Crippen LogP contribution in [-0.2, 0) is 4.79 Å². The predicted molar refractivity (Wildman–Crippen MR) is 75.9 cm³/mol. The van der Waals surface area contributed by atoms with Crippen LogP contribution in [0.3, 0.4) is 0 Å². The average molecular weight is 269 g/mol. The van der Waals surface area contributed by atoms with Crippen molar-refractivity contribution in [1.29, 1.82) is 5.26 Å². The zero-order valence-corrected chi connectivity index (χ0v) is 11.5. The molecule has 1 aromatic carbocycles. The summed E-state index contributed by atoms with van der Waals surface area (Å²) in [4.78, 5) is 14.3. The van der Waals surface area contributed by atoms with Crippen molar-refractivity contribution in [1.82, 2.24) is 10.2 Å². The van der Waals surface area contributed by atoms with Crippen LogP contribution in [-0.4, -0.2) is 36.0 Å². The number of rotatable bonds is 2. The van der Waals surface area contributed by atoms with E-state index in [-0.39, 0.29) is 18.0 Å². The van der Waals surface area contributed by atoms with Crippen molar-refractivity contribution in [3.63, 3.8) is 0 Å². The van der Waals surface area contributed by atoms with Crippen LogP contribution in [0.2, 0.25) is 0 Å². The molecule has 2 fully saturated rings. The molecule has 0 aromatic heterocycles. The molecule has 3 rings (SSSR count). The smallest absolute Gasteiger partial charge is 0.240 e. The van der Waals surface area contributed by atoms with Crippen molar-refractivity contribution in [2.45, 2.75) is 37.3 Å². The molecule has 1 amide bonds. The SMILES string of the molecule is N#C[C@@H]1CCCN1C(=O)[C@@H]1C[C@@H](c2ccccc2)CN1. The third-order valence-corrected chi connectivity index (χ3v) is 4.38. The first-order chi connectivity index (χ1) is 9.79. The van der Waals surface area contributed by atoms with Gasteiger partial charge in [0, 0.05) is 13.1 Å². The molecule has 3 atom stereocenters. The Morgan fingerprint density at radius 1 is 1.35 bits per heavy atom. The molecule has 2 aliphatic heterocycles. The molecule has 104 valence electrons. The van der Waals surface area contributed by atoms with E-state index in [9.17, 15) is 4.79 Å². The third-order valence-electron chi connectivity index (χ3n) is 4.38. The lowest BCUT2D eigenvalue weighted by Crippen LogP contribution is -2.45. The summed E-state index contributed by atoms with van der Waals surface area (Å²) in [6.45, 7) is 1.57. The molecule has 0 saturated carbocycles. The molecular weight excluding hydrogens is 250 g/mol. The van der Waals surface area contributed by atoms with Gasteiger partial charge < -0.3 is 10.2 Å². The molecule has 1 N–H and O–H groups in total. The van der Waals surface area contributed by atoms with E-state index in [1.54, 1.807) is 4.90 Å². The van der Waals surface area contributed by atoms with Gasteiger partial charge in [-0.05, 0) is 30.7 Å². The zero-order chi connectivity index (χ0) is 13.9. The van der Waals surface area contributed by atoms with Crippen molar-refractivity contribution in [3.8, 4) is 6.07 Å². The summed E-state index contributed by atoms with van der Waals surface area (Å²) in [5.41, 5.74) is 1.29. The van der Waals surface area contributed by atoms with Gasteiger partial charge in [-0.25, -0.2) is 0 Å². The van der Waals surface area contributed by atoms with E-state index in [0.29, 0.717) is 5.92 Å². The molecule has 2 heterocycles. The van der Waals surface area contributed by atoms with Gasteiger partial charge >= 0.3 is 0 Å². The molecule has 0 spiro atoms. The number of hydrogen-bond donors (Lipinski definition) is 1. The molecule has 20 heavy (non-hydrogen) atoms. The summed E-state index contributed by atoms with van der Waals surface area (Å²) in [6.07, 6.45) is 2.59. The largest absolute Gasteiger partial charge is 0.325 e. The second-order valence-electron chi connectivity index (χ2n) is 5.62.